The van der Waals surface area contributed by atoms with Crippen molar-refractivity contribution >= 4 is 15.9 Å². The number of ether oxygens (including phenoxy) is 1. The van der Waals surface area contributed by atoms with Gasteiger partial charge in [-0.3, -0.25) is 0 Å². The van der Waals surface area contributed by atoms with Crippen LogP contribution in [0.3, 0.4) is 0 Å². The SMILES string of the molecule is CNCC(OC1CCC(C)(C)CC1)c1cccc(Br)c1. The lowest BCUT2D eigenvalue weighted by Gasteiger charge is -2.36. The van der Waals surface area contributed by atoms with Crippen molar-refractivity contribution in [1.82, 2.24) is 5.32 Å². The second kappa shape index (κ2) is 7.06. The van der Waals surface area contributed by atoms with Gasteiger partial charge in [-0.25, -0.2) is 0 Å². The largest absolute Gasteiger partial charge is 0.369 e. The molecule has 0 bridgehead atoms. The number of hydrogen-bond donors (Lipinski definition) is 1. The van der Waals surface area contributed by atoms with E-state index in [2.05, 4.69) is 59.4 Å². The van der Waals surface area contributed by atoms with Gasteiger partial charge in [0, 0.05) is 11.0 Å². The molecular weight excluding hydrogens is 314 g/mol. The van der Waals surface area contributed by atoms with Crippen molar-refractivity contribution in [3.05, 3.63) is 34.3 Å². The maximum absolute atomic E-state index is 6.38. The minimum absolute atomic E-state index is 0.142. The molecule has 1 aromatic carbocycles. The first-order chi connectivity index (χ1) is 9.50. The number of rotatable bonds is 5. The molecule has 0 aromatic heterocycles. The van der Waals surface area contributed by atoms with Gasteiger partial charge in [-0.15, -0.1) is 0 Å². The third kappa shape index (κ3) is 4.57. The second-order valence-corrected chi connectivity index (χ2v) is 7.52. The fraction of sp³-hybridized carbons (Fsp3) is 0.647. The monoisotopic (exact) mass is 339 g/mol. The van der Waals surface area contributed by atoms with Crippen molar-refractivity contribution in [3.63, 3.8) is 0 Å². The molecule has 0 amide bonds. The summed E-state index contributed by atoms with van der Waals surface area (Å²) in [6.07, 6.45) is 5.44. The molecule has 20 heavy (non-hydrogen) atoms. The Morgan fingerprint density at radius 1 is 1.35 bits per heavy atom. The number of halogens is 1. The molecule has 2 rings (SSSR count). The van der Waals surface area contributed by atoms with Gasteiger partial charge in [-0.2, -0.15) is 0 Å². The molecule has 3 heteroatoms. The van der Waals surface area contributed by atoms with E-state index in [1.54, 1.807) is 0 Å². The first kappa shape index (κ1) is 16.0. The lowest BCUT2D eigenvalue weighted by Crippen LogP contribution is -2.30. The molecule has 0 heterocycles. The molecule has 1 atom stereocenters. The van der Waals surface area contributed by atoms with Crippen LogP contribution < -0.4 is 5.32 Å². The van der Waals surface area contributed by atoms with Crippen LogP contribution in [0.4, 0.5) is 0 Å². The summed E-state index contributed by atoms with van der Waals surface area (Å²) in [5.41, 5.74) is 1.74. The highest BCUT2D eigenvalue weighted by Gasteiger charge is 2.29. The molecule has 0 saturated heterocycles. The van der Waals surface area contributed by atoms with Crippen LogP contribution in [0.15, 0.2) is 28.7 Å². The van der Waals surface area contributed by atoms with Crippen molar-refractivity contribution in [2.24, 2.45) is 5.41 Å². The Labute approximate surface area is 131 Å². The van der Waals surface area contributed by atoms with Crippen LogP contribution in [-0.4, -0.2) is 19.7 Å². The lowest BCUT2D eigenvalue weighted by atomic mass is 9.76. The van der Waals surface area contributed by atoms with E-state index in [4.69, 9.17) is 4.74 Å². The highest BCUT2D eigenvalue weighted by atomic mass is 79.9. The zero-order valence-corrected chi connectivity index (χ0v) is 14.4. The number of nitrogens with one attached hydrogen (secondary N) is 1. The molecule has 1 aliphatic rings. The van der Waals surface area contributed by atoms with Crippen molar-refractivity contribution in [3.8, 4) is 0 Å². The average molecular weight is 340 g/mol. The Hall–Kier alpha value is -0.380. The highest BCUT2D eigenvalue weighted by Crippen LogP contribution is 2.37. The Kier molecular flexibility index (Phi) is 5.65. The second-order valence-electron chi connectivity index (χ2n) is 6.60. The van der Waals surface area contributed by atoms with Gasteiger partial charge in [-0.1, -0.05) is 41.9 Å². The summed E-state index contributed by atoms with van der Waals surface area (Å²) in [4.78, 5) is 0. The summed E-state index contributed by atoms with van der Waals surface area (Å²) in [6, 6.07) is 8.45. The fourth-order valence-electron chi connectivity index (χ4n) is 2.88. The molecule has 1 saturated carbocycles. The van der Waals surface area contributed by atoms with Gasteiger partial charge >= 0.3 is 0 Å². The maximum atomic E-state index is 6.38. The van der Waals surface area contributed by atoms with E-state index in [1.807, 2.05) is 7.05 Å². The van der Waals surface area contributed by atoms with Crippen molar-refractivity contribution in [2.75, 3.05) is 13.6 Å². The van der Waals surface area contributed by atoms with Crippen LogP contribution in [0.1, 0.15) is 51.2 Å². The summed E-state index contributed by atoms with van der Waals surface area (Å²) in [5.74, 6) is 0. The van der Waals surface area contributed by atoms with E-state index in [0.717, 1.165) is 11.0 Å². The first-order valence-corrected chi connectivity index (χ1v) is 8.35. The van der Waals surface area contributed by atoms with Crippen LogP contribution in [0.5, 0.6) is 0 Å². The van der Waals surface area contributed by atoms with Gasteiger partial charge in [0.25, 0.3) is 0 Å². The van der Waals surface area contributed by atoms with E-state index in [0.29, 0.717) is 11.5 Å². The Morgan fingerprint density at radius 2 is 2.05 bits per heavy atom. The molecule has 2 nitrogen and oxygen atoms in total. The predicted octanol–water partition coefficient (Wildman–Crippen LogP) is 4.70. The standard InChI is InChI=1S/C17H26BrNO/c1-17(2)9-7-15(8-10-17)20-16(12-19-3)13-5-4-6-14(18)11-13/h4-6,11,15-16,19H,7-10,12H2,1-3H3. The minimum atomic E-state index is 0.142. The van der Waals surface area contributed by atoms with E-state index in [9.17, 15) is 0 Å². The smallest absolute Gasteiger partial charge is 0.0953 e. The quantitative estimate of drug-likeness (QED) is 0.839. The Bertz CT molecular complexity index is 423. The van der Waals surface area contributed by atoms with E-state index in [-0.39, 0.29) is 6.10 Å². The summed E-state index contributed by atoms with van der Waals surface area (Å²) in [5, 5.41) is 3.25. The van der Waals surface area contributed by atoms with Crippen LogP contribution in [-0.2, 0) is 4.74 Å². The Morgan fingerprint density at radius 3 is 2.65 bits per heavy atom. The maximum Gasteiger partial charge on any atom is 0.0953 e. The van der Waals surface area contributed by atoms with Gasteiger partial charge in [0.15, 0.2) is 0 Å². The normalized spacial score (nSPS) is 20.8. The zero-order valence-electron chi connectivity index (χ0n) is 12.8. The number of hydrogen-bond acceptors (Lipinski definition) is 2. The average Bonchev–Trinajstić information content (AvgIpc) is 2.40. The summed E-state index contributed by atoms with van der Waals surface area (Å²) in [6.45, 7) is 5.58. The lowest BCUT2D eigenvalue weighted by molar-refractivity contribution is -0.0454. The van der Waals surface area contributed by atoms with Crippen molar-refractivity contribution in [1.29, 1.82) is 0 Å². The number of benzene rings is 1. The van der Waals surface area contributed by atoms with Gasteiger partial charge in [0.2, 0.25) is 0 Å². The van der Waals surface area contributed by atoms with Gasteiger partial charge in [-0.05, 0) is 55.8 Å². The third-order valence-electron chi connectivity index (χ3n) is 4.25. The number of likely N-dealkylation sites (N-methyl/N-ethyl adjacent to an activating group) is 1. The minimum Gasteiger partial charge on any atom is -0.369 e. The third-order valence-corrected chi connectivity index (χ3v) is 4.75. The van der Waals surface area contributed by atoms with E-state index >= 15 is 0 Å². The van der Waals surface area contributed by atoms with Gasteiger partial charge in [0.1, 0.15) is 0 Å². The molecule has 1 aliphatic carbocycles. The van der Waals surface area contributed by atoms with E-state index < -0.39 is 0 Å². The molecule has 1 fully saturated rings. The summed E-state index contributed by atoms with van der Waals surface area (Å²) < 4.78 is 7.50. The molecule has 112 valence electrons. The molecular formula is C17H26BrNO. The van der Waals surface area contributed by atoms with Gasteiger partial charge < -0.3 is 10.1 Å². The molecule has 0 aliphatic heterocycles. The first-order valence-electron chi connectivity index (χ1n) is 7.56. The molecule has 1 unspecified atom stereocenters. The molecule has 1 aromatic rings. The molecule has 0 radical (unpaired) electrons. The van der Waals surface area contributed by atoms with Crippen LogP contribution in [0, 0.1) is 5.41 Å². The molecule has 0 spiro atoms. The summed E-state index contributed by atoms with van der Waals surface area (Å²) in [7, 11) is 1.98. The predicted molar refractivity (Wildman–Crippen MR) is 87.9 cm³/mol. The topological polar surface area (TPSA) is 21.3 Å². The van der Waals surface area contributed by atoms with Crippen LogP contribution >= 0.6 is 15.9 Å². The molecule has 1 N–H and O–H groups in total. The van der Waals surface area contributed by atoms with Crippen LogP contribution in [0.2, 0.25) is 0 Å². The Balaban J connectivity index is 1.99. The van der Waals surface area contributed by atoms with Crippen molar-refractivity contribution < 1.29 is 4.74 Å². The van der Waals surface area contributed by atoms with Crippen LogP contribution in [0.25, 0.3) is 0 Å². The zero-order chi connectivity index (χ0) is 14.6. The van der Waals surface area contributed by atoms with E-state index in [1.165, 1.54) is 31.2 Å². The summed E-state index contributed by atoms with van der Waals surface area (Å²) >= 11 is 3.55. The van der Waals surface area contributed by atoms with Gasteiger partial charge in [0.05, 0.1) is 12.2 Å². The van der Waals surface area contributed by atoms with Crippen molar-refractivity contribution in [2.45, 2.75) is 51.7 Å². The highest BCUT2D eigenvalue weighted by molar-refractivity contribution is 9.10. The fourth-order valence-corrected chi connectivity index (χ4v) is 3.29.